The normalized spacial score (nSPS) is 11.2. The molecule has 0 heterocycles. The van der Waals surface area contributed by atoms with Crippen molar-refractivity contribution in [2.24, 2.45) is 5.84 Å². The van der Waals surface area contributed by atoms with Crippen LogP contribution in [0, 0.1) is 6.92 Å². The number of benzene rings is 2. The molecule has 0 saturated carbocycles. The lowest BCUT2D eigenvalue weighted by atomic mass is 10.2. The quantitative estimate of drug-likeness (QED) is 0.599. The number of aryl methyl sites for hydroxylation is 1. The number of anilines is 2. The maximum absolute atomic E-state index is 12.3. The van der Waals surface area contributed by atoms with Crippen molar-refractivity contribution in [1.82, 2.24) is 0 Å². The van der Waals surface area contributed by atoms with Crippen LogP contribution >= 0.6 is 11.6 Å². The first-order valence-electron chi connectivity index (χ1n) is 5.78. The van der Waals surface area contributed by atoms with E-state index in [1.165, 1.54) is 6.07 Å². The Hall–Kier alpha value is -1.76. The van der Waals surface area contributed by atoms with Crippen LogP contribution in [0.1, 0.15) is 5.56 Å². The van der Waals surface area contributed by atoms with Crippen LogP contribution in [0.15, 0.2) is 47.4 Å². The van der Waals surface area contributed by atoms with Gasteiger partial charge in [0.05, 0.1) is 11.4 Å². The third-order valence-electron chi connectivity index (χ3n) is 2.76. The van der Waals surface area contributed by atoms with Crippen LogP contribution in [0.4, 0.5) is 11.4 Å². The molecule has 7 heteroatoms. The van der Waals surface area contributed by atoms with Crippen molar-refractivity contribution in [3.63, 3.8) is 0 Å². The van der Waals surface area contributed by atoms with Crippen LogP contribution in [0.25, 0.3) is 0 Å². The van der Waals surface area contributed by atoms with Gasteiger partial charge in [0.25, 0.3) is 10.0 Å². The third-order valence-corrected chi connectivity index (χ3v) is 4.60. The van der Waals surface area contributed by atoms with Gasteiger partial charge in [-0.15, -0.1) is 0 Å². The van der Waals surface area contributed by atoms with Gasteiger partial charge in [0.2, 0.25) is 0 Å². The lowest BCUT2D eigenvalue weighted by Gasteiger charge is -2.12. The van der Waals surface area contributed by atoms with E-state index in [0.29, 0.717) is 16.4 Å². The molecule has 0 saturated heterocycles. The summed E-state index contributed by atoms with van der Waals surface area (Å²) < 4.78 is 27.1. The van der Waals surface area contributed by atoms with E-state index < -0.39 is 10.0 Å². The first-order valence-corrected chi connectivity index (χ1v) is 7.65. The molecule has 2 aromatic carbocycles. The second kappa shape index (κ2) is 5.70. The number of hydrogen-bond acceptors (Lipinski definition) is 4. The van der Waals surface area contributed by atoms with Gasteiger partial charge in [-0.1, -0.05) is 29.8 Å². The molecule has 0 radical (unpaired) electrons. The van der Waals surface area contributed by atoms with Crippen molar-refractivity contribution in [3.8, 4) is 0 Å². The minimum atomic E-state index is -3.74. The SMILES string of the molecule is Cc1ccc(NS(=O)(=O)c2ccccc2NN)cc1Cl. The number of halogens is 1. The Balaban J connectivity index is 2.38. The monoisotopic (exact) mass is 311 g/mol. The Labute approximate surface area is 122 Å². The predicted molar refractivity (Wildman–Crippen MR) is 81.2 cm³/mol. The maximum Gasteiger partial charge on any atom is 0.264 e. The molecule has 0 aliphatic carbocycles. The number of nitrogens with one attached hydrogen (secondary N) is 2. The molecule has 0 fully saturated rings. The van der Waals surface area contributed by atoms with E-state index in [1.54, 1.807) is 36.4 Å². The zero-order valence-corrected chi connectivity index (χ0v) is 12.3. The number of hydrazine groups is 1. The van der Waals surface area contributed by atoms with E-state index in [-0.39, 0.29) is 4.90 Å². The summed E-state index contributed by atoms with van der Waals surface area (Å²) in [7, 11) is -3.74. The number of hydrogen-bond donors (Lipinski definition) is 3. The van der Waals surface area contributed by atoms with Crippen molar-refractivity contribution in [2.75, 3.05) is 10.1 Å². The molecule has 20 heavy (non-hydrogen) atoms. The average molecular weight is 312 g/mol. The Bertz CT molecular complexity index is 732. The lowest BCUT2D eigenvalue weighted by Crippen LogP contribution is -2.17. The molecule has 0 aliphatic heterocycles. The first-order chi connectivity index (χ1) is 9.44. The van der Waals surface area contributed by atoms with Crippen molar-refractivity contribution >= 4 is 33.0 Å². The van der Waals surface area contributed by atoms with Crippen molar-refractivity contribution in [3.05, 3.63) is 53.1 Å². The van der Waals surface area contributed by atoms with Crippen molar-refractivity contribution in [1.29, 1.82) is 0 Å². The van der Waals surface area contributed by atoms with Crippen molar-refractivity contribution < 1.29 is 8.42 Å². The molecular weight excluding hydrogens is 298 g/mol. The first kappa shape index (κ1) is 14.6. The molecule has 106 valence electrons. The van der Waals surface area contributed by atoms with E-state index in [1.807, 2.05) is 6.92 Å². The van der Waals surface area contributed by atoms with Gasteiger partial charge in [0.15, 0.2) is 0 Å². The summed E-state index contributed by atoms with van der Waals surface area (Å²) >= 11 is 5.98. The topological polar surface area (TPSA) is 84.2 Å². The van der Waals surface area contributed by atoms with Gasteiger partial charge in [-0.2, -0.15) is 0 Å². The van der Waals surface area contributed by atoms with Gasteiger partial charge in [0, 0.05) is 5.02 Å². The summed E-state index contributed by atoms with van der Waals surface area (Å²) in [5, 5.41) is 0.496. The molecule has 4 N–H and O–H groups in total. The van der Waals surface area contributed by atoms with Gasteiger partial charge in [-0.3, -0.25) is 10.6 Å². The van der Waals surface area contributed by atoms with E-state index in [9.17, 15) is 8.42 Å². The zero-order chi connectivity index (χ0) is 14.8. The van der Waals surface area contributed by atoms with Gasteiger partial charge in [-0.05, 0) is 36.8 Å². The fraction of sp³-hybridized carbons (Fsp3) is 0.0769. The second-order valence-electron chi connectivity index (χ2n) is 4.21. The van der Waals surface area contributed by atoms with Gasteiger partial charge >= 0.3 is 0 Å². The maximum atomic E-state index is 12.3. The van der Waals surface area contributed by atoms with Gasteiger partial charge < -0.3 is 5.43 Å². The minimum Gasteiger partial charge on any atom is -0.323 e. The highest BCUT2D eigenvalue weighted by Gasteiger charge is 2.18. The van der Waals surface area contributed by atoms with Crippen LogP contribution in [0.5, 0.6) is 0 Å². The summed E-state index contributed by atoms with van der Waals surface area (Å²) in [6, 6.07) is 11.3. The molecule has 0 spiro atoms. The third kappa shape index (κ3) is 3.04. The molecule has 0 atom stereocenters. The van der Waals surface area contributed by atoms with Crippen LogP contribution in [0.3, 0.4) is 0 Å². The smallest absolute Gasteiger partial charge is 0.264 e. The largest absolute Gasteiger partial charge is 0.323 e. The fourth-order valence-corrected chi connectivity index (χ4v) is 3.09. The zero-order valence-electron chi connectivity index (χ0n) is 10.7. The van der Waals surface area contributed by atoms with Crippen LogP contribution < -0.4 is 16.0 Å². The van der Waals surface area contributed by atoms with Crippen LogP contribution in [-0.2, 0) is 10.0 Å². The van der Waals surface area contributed by atoms with E-state index in [0.717, 1.165) is 5.56 Å². The number of sulfonamides is 1. The second-order valence-corrected chi connectivity index (χ2v) is 6.27. The summed E-state index contributed by atoms with van der Waals surface area (Å²) in [6.45, 7) is 1.84. The number of nitrogen functional groups attached to an aromatic ring is 1. The van der Waals surface area contributed by atoms with Crippen LogP contribution in [-0.4, -0.2) is 8.42 Å². The molecule has 0 amide bonds. The highest BCUT2D eigenvalue weighted by molar-refractivity contribution is 7.92. The Morgan fingerprint density at radius 3 is 2.50 bits per heavy atom. The van der Waals surface area contributed by atoms with Crippen molar-refractivity contribution in [2.45, 2.75) is 11.8 Å². The summed E-state index contributed by atoms with van der Waals surface area (Å²) in [4.78, 5) is 0.0687. The minimum absolute atomic E-state index is 0.0687. The molecule has 0 aromatic heterocycles. The lowest BCUT2D eigenvalue weighted by molar-refractivity contribution is 0.601. The van der Waals surface area contributed by atoms with Crippen LogP contribution in [0.2, 0.25) is 5.02 Å². The Morgan fingerprint density at radius 1 is 1.15 bits per heavy atom. The highest BCUT2D eigenvalue weighted by atomic mass is 35.5. The molecule has 0 bridgehead atoms. The molecular formula is C13H14ClN3O2S. The number of para-hydroxylation sites is 1. The molecule has 2 aromatic rings. The van der Waals surface area contributed by atoms with E-state index in [2.05, 4.69) is 10.1 Å². The molecule has 2 rings (SSSR count). The Kier molecular flexibility index (Phi) is 4.17. The van der Waals surface area contributed by atoms with E-state index >= 15 is 0 Å². The van der Waals surface area contributed by atoms with Gasteiger partial charge in [-0.25, -0.2) is 8.42 Å². The number of rotatable bonds is 4. The highest BCUT2D eigenvalue weighted by Crippen LogP contribution is 2.25. The molecule has 5 nitrogen and oxygen atoms in total. The predicted octanol–water partition coefficient (Wildman–Crippen LogP) is 2.73. The van der Waals surface area contributed by atoms with Gasteiger partial charge in [0.1, 0.15) is 4.90 Å². The molecule has 0 aliphatic rings. The fourth-order valence-electron chi connectivity index (χ4n) is 1.69. The average Bonchev–Trinajstić information content (AvgIpc) is 2.42. The standard InChI is InChI=1S/C13H14ClN3O2S/c1-9-6-7-10(8-11(9)14)17-20(18,19)13-5-3-2-4-12(13)16-15/h2-8,16-17H,15H2,1H3. The molecule has 0 unspecified atom stereocenters. The number of nitrogens with two attached hydrogens (primary N) is 1. The Morgan fingerprint density at radius 2 is 1.85 bits per heavy atom. The van der Waals surface area contributed by atoms with E-state index in [4.69, 9.17) is 17.4 Å². The summed E-state index contributed by atoms with van der Waals surface area (Å²) in [5.41, 5.74) is 3.95. The summed E-state index contributed by atoms with van der Waals surface area (Å²) in [5.74, 6) is 5.32. The summed E-state index contributed by atoms with van der Waals surface area (Å²) in [6.07, 6.45) is 0.